The van der Waals surface area contributed by atoms with E-state index in [0.29, 0.717) is 6.61 Å². The minimum atomic E-state index is -0.521. The molecule has 10 heavy (non-hydrogen) atoms. The Kier molecular flexibility index (Phi) is 1.34. The Morgan fingerprint density at radius 1 is 1.70 bits per heavy atom. The fourth-order valence-corrected chi connectivity index (χ4v) is 0.835. The summed E-state index contributed by atoms with van der Waals surface area (Å²) in [4.78, 5) is 13.6. The lowest BCUT2D eigenvalue weighted by atomic mass is 9.91. The van der Waals surface area contributed by atoms with Crippen LogP contribution < -0.4 is 0 Å². The van der Waals surface area contributed by atoms with Crippen LogP contribution in [0.3, 0.4) is 0 Å². The monoisotopic (exact) mass is 140 g/mol. The molecular formula is C6H8N2O2. The van der Waals surface area contributed by atoms with Gasteiger partial charge in [0.25, 0.3) is 0 Å². The molecule has 0 saturated carbocycles. The van der Waals surface area contributed by atoms with Gasteiger partial charge in [-0.2, -0.15) is 4.79 Å². The first-order chi connectivity index (χ1) is 4.58. The molecule has 0 aromatic rings. The fourth-order valence-electron chi connectivity index (χ4n) is 0.835. The highest BCUT2D eigenvalue weighted by molar-refractivity contribution is 6.37. The van der Waals surface area contributed by atoms with E-state index in [-0.39, 0.29) is 5.71 Å². The average molecular weight is 140 g/mol. The molecule has 0 amide bonds. The van der Waals surface area contributed by atoms with Crippen LogP contribution in [0.25, 0.3) is 5.53 Å². The van der Waals surface area contributed by atoms with Crippen molar-refractivity contribution in [3.05, 3.63) is 5.53 Å². The first-order valence-corrected chi connectivity index (χ1v) is 2.97. The topological polar surface area (TPSA) is 62.7 Å². The van der Waals surface area contributed by atoms with Gasteiger partial charge in [0, 0.05) is 0 Å². The lowest BCUT2D eigenvalue weighted by Crippen LogP contribution is -2.24. The van der Waals surface area contributed by atoms with E-state index in [0.717, 1.165) is 0 Å². The van der Waals surface area contributed by atoms with E-state index in [2.05, 4.69) is 9.53 Å². The summed E-state index contributed by atoms with van der Waals surface area (Å²) < 4.78 is 4.64. The largest absolute Gasteiger partial charge is 0.456 e. The highest BCUT2D eigenvalue weighted by Gasteiger charge is 2.47. The molecule has 0 N–H and O–H groups in total. The van der Waals surface area contributed by atoms with E-state index in [4.69, 9.17) is 5.53 Å². The smallest absolute Gasteiger partial charge is 0.417 e. The maximum Gasteiger partial charge on any atom is 0.417 e. The molecule has 1 saturated heterocycles. The number of rotatable bonds is 0. The molecular weight excluding hydrogens is 132 g/mol. The Balaban J connectivity index is 3.06. The molecule has 0 atom stereocenters. The van der Waals surface area contributed by atoms with Crippen molar-refractivity contribution in [2.24, 2.45) is 5.41 Å². The molecule has 1 fully saturated rings. The minimum absolute atomic E-state index is 0.104. The van der Waals surface area contributed by atoms with Crippen LogP contribution >= 0.6 is 0 Å². The first kappa shape index (κ1) is 6.96. The zero-order valence-electron chi connectivity index (χ0n) is 5.92. The molecule has 0 aromatic carbocycles. The molecule has 1 aliphatic heterocycles. The van der Waals surface area contributed by atoms with Gasteiger partial charge >= 0.3 is 11.7 Å². The van der Waals surface area contributed by atoms with Gasteiger partial charge in [0.05, 0.1) is 0 Å². The number of carbonyl (C=O) groups excluding carboxylic acids is 1. The second-order valence-corrected chi connectivity index (χ2v) is 2.91. The van der Waals surface area contributed by atoms with Crippen molar-refractivity contribution in [3.63, 3.8) is 0 Å². The Hall–Kier alpha value is -1.15. The Morgan fingerprint density at radius 2 is 2.30 bits per heavy atom. The first-order valence-electron chi connectivity index (χ1n) is 2.97. The number of ether oxygens (including phenoxy) is 1. The van der Waals surface area contributed by atoms with Crippen molar-refractivity contribution in [3.8, 4) is 0 Å². The minimum Gasteiger partial charge on any atom is -0.456 e. The summed E-state index contributed by atoms with van der Waals surface area (Å²) in [5.74, 6) is -0.521. The third-order valence-electron chi connectivity index (χ3n) is 1.50. The molecule has 1 heterocycles. The normalized spacial score (nSPS) is 22.2. The molecule has 4 heteroatoms. The SMILES string of the molecule is CC1(C)COC(=O)C1=[N+]=[N-]. The molecule has 1 aliphatic rings. The summed E-state index contributed by atoms with van der Waals surface area (Å²) in [5, 5.41) is 0. The second kappa shape index (κ2) is 1.92. The Morgan fingerprint density at radius 3 is 2.50 bits per heavy atom. The third kappa shape index (κ3) is 0.826. The number of esters is 1. The molecule has 4 nitrogen and oxygen atoms in total. The highest BCUT2D eigenvalue weighted by Crippen LogP contribution is 2.23. The quantitative estimate of drug-likeness (QED) is 0.275. The Labute approximate surface area is 58.4 Å². The number of nitrogens with zero attached hydrogens (tertiary/aromatic N) is 2. The van der Waals surface area contributed by atoms with Crippen molar-refractivity contribution < 1.29 is 14.3 Å². The van der Waals surface area contributed by atoms with Gasteiger partial charge < -0.3 is 10.3 Å². The van der Waals surface area contributed by atoms with Gasteiger partial charge in [0.15, 0.2) is 0 Å². The van der Waals surface area contributed by atoms with Crippen molar-refractivity contribution in [1.82, 2.24) is 0 Å². The molecule has 0 unspecified atom stereocenters. The summed E-state index contributed by atoms with van der Waals surface area (Å²) in [6.07, 6.45) is 0. The van der Waals surface area contributed by atoms with Crippen LogP contribution in [0.4, 0.5) is 0 Å². The van der Waals surface area contributed by atoms with E-state index < -0.39 is 11.4 Å². The molecule has 54 valence electrons. The van der Waals surface area contributed by atoms with E-state index in [1.54, 1.807) is 13.8 Å². The van der Waals surface area contributed by atoms with Gasteiger partial charge in [-0.1, -0.05) is 0 Å². The van der Waals surface area contributed by atoms with Crippen LogP contribution in [-0.2, 0) is 9.53 Å². The van der Waals surface area contributed by atoms with E-state index in [9.17, 15) is 4.79 Å². The van der Waals surface area contributed by atoms with Crippen LogP contribution in [0.15, 0.2) is 0 Å². The van der Waals surface area contributed by atoms with Crippen LogP contribution in [-0.4, -0.2) is 23.1 Å². The van der Waals surface area contributed by atoms with Crippen molar-refractivity contribution >= 4 is 11.7 Å². The molecule has 0 radical (unpaired) electrons. The van der Waals surface area contributed by atoms with Gasteiger partial charge in [-0.25, -0.2) is 4.79 Å². The fraction of sp³-hybridized carbons (Fsp3) is 0.667. The lowest BCUT2D eigenvalue weighted by Gasteiger charge is -2.04. The van der Waals surface area contributed by atoms with Gasteiger partial charge in [-0.05, 0) is 13.8 Å². The van der Waals surface area contributed by atoms with E-state index in [1.807, 2.05) is 0 Å². The van der Waals surface area contributed by atoms with Gasteiger partial charge in [0.2, 0.25) is 0 Å². The van der Waals surface area contributed by atoms with Crippen molar-refractivity contribution in [2.45, 2.75) is 13.8 Å². The van der Waals surface area contributed by atoms with Gasteiger partial charge in [-0.15, -0.1) is 0 Å². The maximum atomic E-state index is 10.7. The molecule has 0 bridgehead atoms. The highest BCUT2D eigenvalue weighted by atomic mass is 16.5. The molecule has 0 aromatic heterocycles. The number of cyclic esters (lactones) is 1. The number of hydrogen-bond donors (Lipinski definition) is 0. The van der Waals surface area contributed by atoms with Crippen LogP contribution in [0.2, 0.25) is 0 Å². The zero-order chi connectivity index (χ0) is 7.78. The van der Waals surface area contributed by atoms with Crippen molar-refractivity contribution in [1.29, 1.82) is 0 Å². The maximum absolute atomic E-state index is 10.7. The number of hydrogen-bond acceptors (Lipinski definition) is 2. The summed E-state index contributed by atoms with van der Waals surface area (Å²) in [5.41, 5.74) is 8.02. The zero-order valence-corrected chi connectivity index (χ0v) is 5.92. The van der Waals surface area contributed by atoms with Crippen LogP contribution in [0.1, 0.15) is 13.8 Å². The van der Waals surface area contributed by atoms with Crippen LogP contribution in [0.5, 0.6) is 0 Å². The average Bonchev–Trinajstić information content (AvgIpc) is 2.07. The Bertz CT molecular complexity index is 226. The van der Waals surface area contributed by atoms with Gasteiger partial charge in [-0.3, -0.25) is 0 Å². The van der Waals surface area contributed by atoms with E-state index >= 15 is 0 Å². The number of carbonyl (C=O) groups is 1. The summed E-state index contributed by atoms with van der Waals surface area (Å²) in [7, 11) is 0. The van der Waals surface area contributed by atoms with Gasteiger partial charge in [0.1, 0.15) is 12.0 Å². The van der Waals surface area contributed by atoms with Crippen molar-refractivity contribution in [2.75, 3.05) is 6.61 Å². The lowest BCUT2D eigenvalue weighted by molar-refractivity contribution is -0.136. The predicted molar refractivity (Wildman–Crippen MR) is 33.4 cm³/mol. The molecule has 1 rings (SSSR count). The standard InChI is InChI=1S/C6H8N2O2/c1-6(2)3-10-5(9)4(6)8-7/h3H2,1-2H3. The summed E-state index contributed by atoms with van der Waals surface area (Å²) >= 11 is 0. The predicted octanol–water partition coefficient (Wildman–Crippen LogP) is 0.240. The second-order valence-electron chi connectivity index (χ2n) is 2.91. The third-order valence-corrected chi connectivity index (χ3v) is 1.50. The molecule has 0 spiro atoms. The summed E-state index contributed by atoms with van der Waals surface area (Å²) in [6, 6.07) is 0. The summed E-state index contributed by atoms with van der Waals surface area (Å²) in [6.45, 7) is 3.87. The molecule has 0 aliphatic carbocycles. The van der Waals surface area contributed by atoms with Crippen LogP contribution in [0, 0.1) is 5.41 Å². The van der Waals surface area contributed by atoms with E-state index in [1.165, 1.54) is 0 Å².